The minimum atomic E-state index is -3.12. The number of sulfone groups is 1. The average Bonchev–Trinajstić information content (AvgIpc) is 2.65. The molecule has 1 saturated heterocycles. The van der Waals surface area contributed by atoms with Crippen molar-refractivity contribution in [1.29, 1.82) is 0 Å². The average molecular weight is 229 g/mol. The molecule has 15 heavy (non-hydrogen) atoms. The molecule has 0 aliphatic carbocycles. The number of hydrogen-bond acceptors (Lipinski definition) is 5. The molecular formula is C9H11NO4S. The highest BCUT2D eigenvalue weighted by Crippen LogP contribution is 2.33. The van der Waals surface area contributed by atoms with Crippen LogP contribution in [-0.4, -0.2) is 25.6 Å². The van der Waals surface area contributed by atoms with Crippen LogP contribution in [-0.2, 0) is 9.84 Å². The lowest BCUT2D eigenvalue weighted by atomic mass is 10.1. The van der Waals surface area contributed by atoms with Crippen molar-refractivity contribution in [2.45, 2.75) is 24.5 Å². The van der Waals surface area contributed by atoms with Crippen LogP contribution in [0, 0.1) is 0 Å². The van der Waals surface area contributed by atoms with Crippen molar-refractivity contribution in [1.82, 2.24) is 5.16 Å². The molecule has 0 N–H and O–H groups in total. The quantitative estimate of drug-likeness (QED) is 0.710. The summed E-state index contributed by atoms with van der Waals surface area (Å²) in [5.74, 6) is 0.478. The van der Waals surface area contributed by atoms with Crippen molar-refractivity contribution >= 4 is 16.1 Å². The number of hydrogen-bond donors (Lipinski definition) is 0. The van der Waals surface area contributed by atoms with Gasteiger partial charge in [0.1, 0.15) is 10.9 Å². The third kappa shape index (κ3) is 1.94. The van der Waals surface area contributed by atoms with E-state index in [1.807, 2.05) is 0 Å². The fourth-order valence-electron chi connectivity index (χ4n) is 1.79. The van der Waals surface area contributed by atoms with Crippen molar-refractivity contribution < 1.29 is 17.7 Å². The van der Waals surface area contributed by atoms with Crippen molar-refractivity contribution in [3.05, 3.63) is 17.5 Å². The Morgan fingerprint density at radius 3 is 2.87 bits per heavy atom. The van der Waals surface area contributed by atoms with Crippen molar-refractivity contribution in [2.75, 3.05) is 5.75 Å². The molecule has 0 saturated carbocycles. The Bertz CT molecular complexity index is 462. The first-order chi connectivity index (χ1) is 7.13. The summed E-state index contributed by atoms with van der Waals surface area (Å²) in [7, 11) is -3.12. The summed E-state index contributed by atoms with van der Waals surface area (Å²) >= 11 is 0. The Labute approximate surface area is 87.4 Å². The van der Waals surface area contributed by atoms with Gasteiger partial charge in [-0.3, -0.25) is 4.79 Å². The van der Waals surface area contributed by atoms with Crippen LogP contribution in [0.2, 0.25) is 0 Å². The maximum Gasteiger partial charge on any atom is 0.171 e. The number of rotatable bonds is 2. The van der Waals surface area contributed by atoms with Gasteiger partial charge < -0.3 is 4.52 Å². The molecule has 1 aromatic heterocycles. The van der Waals surface area contributed by atoms with E-state index in [1.165, 1.54) is 6.07 Å². The summed E-state index contributed by atoms with van der Waals surface area (Å²) in [4.78, 5) is 10.4. The molecular weight excluding hydrogens is 218 g/mol. The largest absolute Gasteiger partial charge is 0.359 e. The van der Waals surface area contributed by atoms with Gasteiger partial charge in [0.15, 0.2) is 21.9 Å². The molecule has 0 spiro atoms. The fourth-order valence-corrected chi connectivity index (χ4v) is 3.67. The van der Waals surface area contributed by atoms with Gasteiger partial charge in [0.25, 0.3) is 0 Å². The predicted octanol–water partition coefficient (Wildman–Crippen LogP) is 1.13. The van der Waals surface area contributed by atoms with Crippen LogP contribution in [0.3, 0.4) is 0 Å². The first kappa shape index (κ1) is 10.4. The van der Waals surface area contributed by atoms with Gasteiger partial charge in [0, 0.05) is 6.07 Å². The van der Waals surface area contributed by atoms with Gasteiger partial charge in [-0.1, -0.05) is 11.6 Å². The molecule has 0 amide bonds. The summed E-state index contributed by atoms with van der Waals surface area (Å²) in [6.07, 6.45) is 2.66. The van der Waals surface area contributed by atoms with E-state index in [1.54, 1.807) is 0 Å². The normalized spacial score (nSPS) is 24.9. The van der Waals surface area contributed by atoms with Gasteiger partial charge in [-0.15, -0.1) is 0 Å². The molecule has 1 fully saturated rings. The zero-order valence-corrected chi connectivity index (χ0v) is 8.87. The summed E-state index contributed by atoms with van der Waals surface area (Å²) in [6.45, 7) is 0. The molecule has 1 aromatic rings. The molecule has 0 radical (unpaired) electrons. The van der Waals surface area contributed by atoms with Crippen molar-refractivity contribution in [3.63, 3.8) is 0 Å². The second-order valence-corrected chi connectivity index (χ2v) is 5.93. The van der Waals surface area contributed by atoms with Gasteiger partial charge in [-0.25, -0.2) is 8.42 Å². The van der Waals surface area contributed by atoms with Gasteiger partial charge >= 0.3 is 0 Å². The van der Waals surface area contributed by atoms with E-state index in [-0.39, 0.29) is 17.2 Å². The van der Waals surface area contributed by atoms with Gasteiger partial charge in [0.05, 0.1) is 5.75 Å². The zero-order valence-electron chi connectivity index (χ0n) is 8.05. The molecule has 1 atom stereocenters. The number of aromatic nitrogens is 1. The van der Waals surface area contributed by atoms with Crippen molar-refractivity contribution in [3.8, 4) is 0 Å². The third-order valence-corrected chi connectivity index (χ3v) is 4.76. The smallest absolute Gasteiger partial charge is 0.171 e. The van der Waals surface area contributed by atoms with Crippen LogP contribution in [0.15, 0.2) is 10.6 Å². The van der Waals surface area contributed by atoms with Gasteiger partial charge in [-0.2, -0.15) is 0 Å². The second-order valence-electron chi connectivity index (χ2n) is 3.62. The molecule has 6 heteroatoms. The first-order valence-electron chi connectivity index (χ1n) is 4.77. The van der Waals surface area contributed by atoms with E-state index in [0.29, 0.717) is 19.1 Å². The SMILES string of the molecule is O=Cc1cc(C2CCCCS2(=O)=O)on1. The minimum absolute atomic E-state index is 0.144. The van der Waals surface area contributed by atoms with Gasteiger partial charge in [0.2, 0.25) is 0 Å². The highest BCUT2D eigenvalue weighted by Gasteiger charge is 2.33. The van der Waals surface area contributed by atoms with E-state index >= 15 is 0 Å². The van der Waals surface area contributed by atoms with Crippen molar-refractivity contribution in [2.24, 2.45) is 0 Å². The first-order valence-corrected chi connectivity index (χ1v) is 6.48. The van der Waals surface area contributed by atoms with Crippen LogP contribution >= 0.6 is 0 Å². The molecule has 0 aromatic carbocycles. The Morgan fingerprint density at radius 1 is 1.47 bits per heavy atom. The van der Waals surface area contributed by atoms with E-state index in [0.717, 1.165) is 6.42 Å². The topological polar surface area (TPSA) is 77.2 Å². The molecule has 2 heterocycles. The number of aldehydes is 1. The number of carbonyl (C=O) groups excluding carboxylic acids is 1. The van der Waals surface area contributed by atoms with Gasteiger partial charge in [-0.05, 0) is 12.8 Å². The lowest BCUT2D eigenvalue weighted by molar-refractivity contribution is 0.111. The molecule has 1 aliphatic heterocycles. The fraction of sp³-hybridized carbons (Fsp3) is 0.556. The second kappa shape index (κ2) is 3.77. The Morgan fingerprint density at radius 2 is 2.27 bits per heavy atom. The maximum absolute atomic E-state index is 11.7. The molecule has 2 rings (SSSR count). The monoisotopic (exact) mass is 229 g/mol. The molecule has 1 unspecified atom stereocenters. The van der Waals surface area contributed by atoms with E-state index in [9.17, 15) is 13.2 Å². The summed E-state index contributed by atoms with van der Waals surface area (Å²) in [5.41, 5.74) is 0.144. The third-order valence-electron chi connectivity index (χ3n) is 2.56. The molecule has 1 aliphatic rings. The highest BCUT2D eigenvalue weighted by molar-refractivity contribution is 7.91. The molecule has 0 bridgehead atoms. The highest BCUT2D eigenvalue weighted by atomic mass is 32.2. The molecule has 82 valence electrons. The Hall–Kier alpha value is -1.17. The zero-order chi connectivity index (χ0) is 10.9. The van der Waals surface area contributed by atoms with E-state index in [4.69, 9.17) is 4.52 Å². The Balaban J connectivity index is 2.32. The van der Waals surface area contributed by atoms with Crippen LogP contribution < -0.4 is 0 Å². The number of carbonyl (C=O) groups is 1. The Kier molecular flexibility index (Phi) is 2.60. The van der Waals surface area contributed by atoms with E-state index in [2.05, 4.69) is 5.16 Å². The van der Waals surface area contributed by atoms with E-state index < -0.39 is 15.1 Å². The summed E-state index contributed by atoms with van der Waals surface area (Å²) < 4.78 is 28.3. The van der Waals surface area contributed by atoms with Crippen LogP contribution in [0.1, 0.15) is 40.8 Å². The molecule has 5 nitrogen and oxygen atoms in total. The number of nitrogens with zero attached hydrogens (tertiary/aromatic N) is 1. The minimum Gasteiger partial charge on any atom is -0.359 e. The standard InChI is InChI=1S/C9H11NO4S/c11-6-7-5-8(14-10-7)9-3-1-2-4-15(9,12)13/h5-6,9H,1-4H2. The predicted molar refractivity (Wildman–Crippen MR) is 52.3 cm³/mol. The lowest BCUT2D eigenvalue weighted by Gasteiger charge is -2.19. The van der Waals surface area contributed by atoms with Crippen LogP contribution in [0.25, 0.3) is 0 Å². The lowest BCUT2D eigenvalue weighted by Crippen LogP contribution is -2.21. The maximum atomic E-state index is 11.7. The summed E-state index contributed by atoms with van der Waals surface area (Å²) in [6, 6.07) is 1.40. The summed E-state index contributed by atoms with van der Waals surface area (Å²) in [5, 5.41) is 2.85. The van der Waals surface area contributed by atoms with Crippen LogP contribution in [0.5, 0.6) is 0 Å². The van der Waals surface area contributed by atoms with Crippen LogP contribution in [0.4, 0.5) is 0 Å².